The topological polar surface area (TPSA) is 67.3 Å². The molecule has 4 rings (SSSR count). The van der Waals surface area contributed by atoms with Crippen LogP contribution >= 0.6 is 0 Å². The Morgan fingerprint density at radius 2 is 1.00 bits per heavy atom. The lowest BCUT2D eigenvalue weighted by Crippen LogP contribution is -2.70. The number of nitrogens with one attached hydrogen (secondary N) is 1. The molecular formula is C31H36N4. The van der Waals surface area contributed by atoms with Gasteiger partial charge in [0.2, 0.25) is 0 Å². The maximum Gasteiger partial charge on any atom is 0.0930 e. The summed E-state index contributed by atoms with van der Waals surface area (Å²) in [5.74, 6) is 0. The molecule has 35 heavy (non-hydrogen) atoms. The molecule has 0 aromatic heterocycles. The molecule has 4 aromatic rings. The molecule has 0 spiro atoms. The van der Waals surface area contributed by atoms with E-state index in [1.807, 2.05) is 6.07 Å². The molecule has 180 valence electrons. The van der Waals surface area contributed by atoms with Crippen LogP contribution in [0.15, 0.2) is 121 Å². The predicted octanol–water partition coefficient (Wildman–Crippen LogP) is 4.70. The van der Waals surface area contributed by atoms with Crippen molar-refractivity contribution in [3.8, 4) is 0 Å². The summed E-state index contributed by atoms with van der Waals surface area (Å²) in [4.78, 5) is 2.48. The third kappa shape index (κ3) is 6.65. The lowest BCUT2D eigenvalue weighted by molar-refractivity contribution is 0.0147. The van der Waals surface area contributed by atoms with Crippen molar-refractivity contribution >= 4 is 0 Å². The summed E-state index contributed by atoms with van der Waals surface area (Å²) in [6, 6.07) is 42.0. The van der Waals surface area contributed by atoms with Crippen molar-refractivity contribution < 1.29 is 0 Å². The van der Waals surface area contributed by atoms with E-state index in [0.29, 0.717) is 13.1 Å². The molecule has 4 heteroatoms. The fourth-order valence-electron chi connectivity index (χ4n) is 4.68. The van der Waals surface area contributed by atoms with Crippen molar-refractivity contribution in [3.05, 3.63) is 144 Å². The Balaban J connectivity index is 1.78. The highest BCUT2D eigenvalue weighted by Crippen LogP contribution is 2.27. The molecule has 4 aromatic carbocycles. The monoisotopic (exact) mass is 464 g/mol. The maximum atomic E-state index is 6.94. The minimum Gasteiger partial charge on any atom is -0.329 e. The summed E-state index contributed by atoms with van der Waals surface area (Å²) >= 11 is 0. The molecule has 2 atom stereocenters. The number of hydrogen-bond donors (Lipinski definition) is 3. The number of hydrogen-bond acceptors (Lipinski definition) is 4. The first-order valence-corrected chi connectivity index (χ1v) is 12.3. The molecule has 0 heterocycles. The molecule has 0 saturated heterocycles. The first-order valence-electron chi connectivity index (χ1n) is 12.3. The normalized spacial score (nSPS) is 13.9. The summed E-state index contributed by atoms with van der Waals surface area (Å²) in [5, 5.41) is 3.91. The minimum atomic E-state index is -0.572. The summed E-state index contributed by atoms with van der Waals surface area (Å²) in [7, 11) is 0. The van der Waals surface area contributed by atoms with Crippen LogP contribution in [0.3, 0.4) is 0 Å². The molecule has 0 aliphatic rings. The van der Waals surface area contributed by atoms with E-state index in [1.165, 1.54) is 22.3 Å². The zero-order valence-corrected chi connectivity index (χ0v) is 20.3. The van der Waals surface area contributed by atoms with Crippen molar-refractivity contribution in [3.63, 3.8) is 0 Å². The van der Waals surface area contributed by atoms with E-state index in [9.17, 15) is 0 Å². The van der Waals surface area contributed by atoms with Gasteiger partial charge in [0.05, 0.1) is 5.66 Å². The highest BCUT2D eigenvalue weighted by molar-refractivity contribution is 5.24. The highest BCUT2D eigenvalue weighted by Gasteiger charge is 2.41. The van der Waals surface area contributed by atoms with E-state index in [0.717, 1.165) is 19.5 Å². The molecular weight excluding hydrogens is 428 g/mol. The average Bonchev–Trinajstić information content (AvgIpc) is 2.92. The molecule has 4 nitrogen and oxygen atoms in total. The Kier molecular flexibility index (Phi) is 8.82. The largest absolute Gasteiger partial charge is 0.329 e. The van der Waals surface area contributed by atoms with Crippen LogP contribution in [0.2, 0.25) is 0 Å². The van der Waals surface area contributed by atoms with Gasteiger partial charge in [-0.15, -0.1) is 0 Å². The average molecular weight is 465 g/mol. The zero-order valence-electron chi connectivity index (χ0n) is 20.3. The van der Waals surface area contributed by atoms with Crippen LogP contribution in [-0.2, 0) is 26.1 Å². The first-order chi connectivity index (χ1) is 17.2. The molecule has 2 unspecified atom stereocenters. The van der Waals surface area contributed by atoms with E-state index in [4.69, 9.17) is 11.5 Å². The molecule has 5 N–H and O–H groups in total. The molecule has 0 amide bonds. The van der Waals surface area contributed by atoms with Crippen LogP contribution in [0.25, 0.3) is 0 Å². The summed E-state index contributed by atoms with van der Waals surface area (Å²) in [5.41, 5.74) is 17.6. The van der Waals surface area contributed by atoms with Gasteiger partial charge in [0.1, 0.15) is 0 Å². The van der Waals surface area contributed by atoms with Crippen LogP contribution in [0, 0.1) is 0 Å². The molecule has 0 aliphatic carbocycles. The van der Waals surface area contributed by atoms with E-state index in [-0.39, 0.29) is 6.04 Å². The van der Waals surface area contributed by atoms with Crippen LogP contribution in [0.1, 0.15) is 22.3 Å². The Labute approximate surface area is 209 Å². The van der Waals surface area contributed by atoms with Gasteiger partial charge in [-0.3, -0.25) is 10.2 Å². The third-order valence-corrected chi connectivity index (χ3v) is 6.62. The van der Waals surface area contributed by atoms with Crippen LogP contribution in [0.5, 0.6) is 0 Å². The fraction of sp³-hybridized carbons (Fsp3) is 0.226. The highest BCUT2D eigenvalue weighted by atomic mass is 15.3. The standard InChI is InChI=1S/C31H36N4/c32-22-30(33)31(21-26-13-5-1-6-14-26,34-23-27-15-7-2-8-16-27)35(24-28-17-9-3-10-18-28)25-29-19-11-4-12-20-29/h1-20,30,34H,21-25,32-33H2. The Morgan fingerprint density at radius 3 is 1.43 bits per heavy atom. The Bertz CT molecular complexity index is 1080. The van der Waals surface area contributed by atoms with E-state index >= 15 is 0 Å². The molecule has 0 saturated carbocycles. The first kappa shape index (κ1) is 24.8. The number of nitrogens with zero attached hydrogens (tertiary/aromatic N) is 1. The van der Waals surface area contributed by atoms with Crippen LogP contribution in [-0.4, -0.2) is 23.1 Å². The second kappa shape index (κ2) is 12.4. The number of nitrogens with two attached hydrogens (primary N) is 2. The molecule has 0 radical (unpaired) electrons. The minimum absolute atomic E-state index is 0.293. The van der Waals surface area contributed by atoms with E-state index in [2.05, 4.69) is 125 Å². The summed E-state index contributed by atoms with van der Waals surface area (Å²) in [6.45, 7) is 2.56. The van der Waals surface area contributed by atoms with Crippen molar-refractivity contribution in [2.45, 2.75) is 37.8 Å². The fourth-order valence-corrected chi connectivity index (χ4v) is 4.68. The lowest BCUT2D eigenvalue weighted by atomic mass is 9.88. The van der Waals surface area contributed by atoms with Gasteiger partial charge in [-0.25, -0.2) is 0 Å². The van der Waals surface area contributed by atoms with E-state index in [1.54, 1.807) is 0 Å². The van der Waals surface area contributed by atoms with Gasteiger partial charge >= 0.3 is 0 Å². The van der Waals surface area contributed by atoms with Crippen molar-refractivity contribution in [1.82, 2.24) is 10.2 Å². The third-order valence-electron chi connectivity index (χ3n) is 6.62. The number of rotatable bonds is 12. The van der Waals surface area contributed by atoms with Gasteiger partial charge in [-0.05, 0) is 22.3 Å². The van der Waals surface area contributed by atoms with E-state index < -0.39 is 5.66 Å². The second-order valence-electron chi connectivity index (χ2n) is 9.10. The van der Waals surface area contributed by atoms with Gasteiger partial charge in [-0.1, -0.05) is 121 Å². The van der Waals surface area contributed by atoms with Gasteiger partial charge in [0, 0.05) is 38.6 Å². The van der Waals surface area contributed by atoms with Crippen molar-refractivity contribution in [1.29, 1.82) is 0 Å². The second-order valence-corrected chi connectivity index (χ2v) is 9.10. The molecule has 0 aliphatic heterocycles. The quantitative estimate of drug-likeness (QED) is 0.266. The number of benzene rings is 4. The van der Waals surface area contributed by atoms with Gasteiger partial charge in [0.25, 0.3) is 0 Å². The smallest absolute Gasteiger partial charge is 0.0930 e. The van der Waals surface area contributed by atoms with Crippen molar-refractivity contribution in [2.75, 3.05) is 6.54 Å². The lowest BCUT2D eigenvalue weighted by Gasteiger charge is -2.49. The summed E-state index contributed by atoms with van der Waals surface area (Å²) < 4.78 is 0. The van der Waals surface area contributed by atoms with Crippen LogP contribution in [0.4, 0.5) is 0 Å². The molecule has 0 bridgehead atoms. The Morgan fingerprint density at radius 1 is 0.600 bits per heavy atom. The maximum absolute atomic E-state index is 6.94. The molecule has 0 fully saturated rings. The van der Waals surface area contributed by atoms with Crippen molar-refractivity contribution in [2.24, 2.45) is 11.5 Å². The predicted molar refractivity (Wildman–Crippen MR) is 145 cm³/mol. The SMILES string of the molecule is NCC(N)C(Cc1ccccc1)(NCc1ccccc1)N(Cc1ccccc1)Cc1ccccc1. The zero-order chi connectivity index (χ0) is 24.3. The van der Waals surface area contributed by atoms with Gasteiger partial charge in [0.15, 0.2) is 0 Å². The van der Waals surface area contributed by atoms with Crippen LogP contribution < -0.4 is 16.8 Å². The van der Waals surface area contributed by atoms with Gasteiger partial charge in [-0.2, -0.15) is 0 Å². The summed E-state index contributed by atoms with van der Waals surface area (Å²) in [6.07, 6.45) is 0.735. The van der Waals surface area contributed by atoms with Gasteiger partial charge < -0.3 is 11.5 Å². The Hall–Kier alpha value is -3.28.